The number of nitrogens with one attached hydrogen (secondary N) is 2. The van der Waals surface area contributed by atoms with Crippen molar-refractivity contribution in [1.29, 1.82) is 0 Å². The Bertz CT molecular complexity index is 1660. The van der Waals surface area contributed by atoms with Crippen molar-refractivity contribution in [3.05, 3.63) is 89.5 Å². The van der Waals surface area contributed by atoms with E-state index in [9.17, 15) is 18.0 Å². The highest BCUT2D eigenvalue weighted by Gasteiger charge is 2.36. The Kier molecular flexibility index (Phi) is 6.33. The number of nitrogens with two attached hydrogens (primary N) is 1. The maximum atomic E-state index is 15.1. The smallest absolute Gasteiger partial charge is 0.380 e. The lowest BCUT2D eigenvalue weighted by Crippen LogP contribution is -2.17. The van der Waals surface area contributed by atoms with Crippen molar-refractivity contribution < 1.29 is 26.9 Å². The minimum absolute atomic E-state index is 0.0305. The molecular formula is C26H20F4N6O2. The number of aromatic nitrogens is 3. The number of rotatable bonds is 6. The third-order valence-electron chi connectivity index (χ3n) is 5.86. The Labute approximate surface area is 213 Å². The molecule has 0 bridgehead atoms. The highest BCUT2D eigenvalue weighted by atomic mass is 19.4. The Morgan fingerprint density at radius 2 is 1.84 bits per heavy atom. The Morgan fingerprint density at radius 1 is 1.05 bits per heavy atom. The molecule has 1 amide bonds. The van der Waals surface area contributed by atoms with Gasteiger partial charge >= 0.3 is 6.18 Å². The van der Waals surface area contributed by atoms with Gasteiger partial charge in [0, 0.05) is 23.9 Å². The minimum atomic E-state index is -4.81. The van der Waals surface area contributed by atoms with Crippen LogP contribution in [0.1, 0.15) is 21.7 Å². The summed E-state index contributed by atoms with van der Waals surface area (Å²) in [7, 11) is 1.78. The predicted octanol–water partition coefficient (Wildman–Crippen LogP) is 5.39. The van der Waals surface area contributed by atoms with E-state index in [2.05, 4.69) is 20.9 Å². The van der Waals surface area contributed by atoms with E-state index >= 15 is 4.39 Å². The van der Waals surface area contributed by atoms with E-state index in [-0.39, 0.29) is 17.2 Å². The molecule has 194 valence electrons. The number of alkyl halides is 3. The summed E-state index contributed by atoms with van der Waals surface area (Å²) in [5, 5.41) is 13.0. The molecule has 0 fully saturated rings. The molecule has 3 aromatic carbocycles. The number of hydrogen-bond donors (Lipinski definition) is 3. The van der Waals surface area contributed by atoms with E-state index in [1.807, 2.05) is 12.1 Å². The van der Waals surface area contributed by atoms with Crippen LogP contribution in [0.2, 0.25) is 0 Å². The van der Waals surface area contributed by atoms with Crippen molar-refractivity contribution in [1.82, 2.24) is 20.3 Å². The summed E-state index contributed by atoms with van der Waals surface area (Å²) in [6, 6.07) is 16.2. The number of halogens is 4. The minimum Gasteiger partial charge on any atom is -0.380 e. The lowest BCUT2D eigenvalue weighted by atomic mass is 9.99. The molecule has 12 heteroatoms. The first kappa shape index (κ1) is 25.0. The summed E-state index contributed by atoms with van der Waals surface area (Å²) in [4.78, 5) is 13.1. The predicted molar refractivity (Wildman–Crippen MR) is 133 cm³/mol. The molecule has 2 heterocycles. The number of amides is 1. The van der Waals surface area contributed by atoms with E-state index in [0.29, 0.717) is 34.7 Å². The zero-order chi connectivity index (χ0) is 27.0. The number of carbonyl (C=O) groups excluding carboxylic acids is 1. The largest absolute Gasteiger partial charge is 0.435 e. The summed E-state index contributed by atoms with van der Waals surface area (Å²) in [6.45, 7) is 0.520. The molecule has 0 saturated carbocycles. The van der Waals surface area contributed by atoms with Crippen molar-refractivity contribution in [2.24, 2.45) is 0 Å². The molecule has 0 aliphatic rings. The molecule has 0 aliphatic carbocycles. The van der Waals surface area contributed by atoms with Crippen LogP contribution in [0.4, 0.5) is 29.1 Å². The van der Waals surface area contributed by atoms with Gasteiger partial charge in [-0.3, -0.25) is 4.79 Å². The van der Waals surface area contributed by atoms with Crippen LogP contribution in [0.25, 0.3) is 27.8 Å². The van der Waals surface area contributed by atoms with Crippen LogP contribution in [-0.4, -0.2) is 27.9 Å². The fourth-order valence-electron chi connectivity index (χ4n) is 4.09. The molecule has 0 unspecified atom stereocenters. The molecule has 5 rings (SSSR count). The third kappa shape index (κ3) is 4.68. The molecule has 5 aromatic rings. The normalized spacial score (nSPS) is 11.7. The monoisotopic (exact) mass is 524 g/mol. The lowest BCUT2D eigenvalue weighted by Gasteiger charge is -2.12. The van der Waals surface area contributed by atoms with Gasteiger partial charge in [0.2, 0.25) is 0 Å². The van der Waals surface area contributed by atoms with Gasteiger partial charge in [-0.25, -0.2) is 9.07 Å². The highest BCUT2D eigenvalue weighted by Crippen LogP contribution is 2.32. The maximum Gasteiger partial charge on any atom is 0.435 e. The molecule has 0 radical (unpaired) electrons. The first-order valence-electron chi connectivity index (χ1n) is 11.3. The molecule has 38 heavy (non-hydrogen) atoms. The van der Waals surface area contributed by atoms with Crippen LogP contribution in [0.15, 0.2) is 71.3 Å². The van der Waals surface area contributed by atoms with Gasteiger partial charge < -0.3 is 20.9 Å². The van der Waals surface area contributed by atoms with Crippen LogP contribution in [0, 0.1) is 5.82 Å². The van der Waals surface area contributed by atoms with E-state index in [1.54, 1.807) is 19.2 Å². The second kappa shape index (κ2) is 9.63. The quantitative estimate of drug-likeness (QED) is 0.257. The molecule has 0 saturated heterocycles. The number of nitrogen functional groups attached to an aromatic ring is 1. The van der Waals surface area contributed by atoms with Crippen molar-refractivity contribution >= 4 is 28.4 Å². The fraction of sp³-hybridized carbons (Fsp3) is 0.115. The molecule has 0 spiro atoms. The van der Waals surface area contributed by atoms with Crippen molar-refractivity contribution in [2.75, 3.05) is 18.1 Å². The number of carbonyl (C=O) groups is 1. The number of nitrogens with zero attached hydrogens (tertiary/aromatic N) is 3. The second-order valence-electron chi connectivity index (χ2n) is 8.41. The van der Waals surface area contributed by atoms with Gasteiger partial charge in [-0.05, 0) is 54.6 Å². The first-order valence-corrected chi connectivity index (χ1v) is 11.3. The summed E-state index contributed by atoms with van der Waals surface area (Å²) in [5.41, 5.74) is 6.42. The number of fused-ring (bicyclic) bond motifs is 1. The number of benzene rings is 3. The Morgan fingerprint density at radius 3 is 2.58 bits per heavy atom. The summed E-state index contributed by atoms with van der Waals surface area (Å²) in [5.74, 6) is -1.50. The molecule has 0 atom stereocenters. The Balaban J connectivity index is 1.49. The van der Waals surface area contributed by atoms with Crippen LogP contribution in [0.3, 0.4) is 0 Å². The summed E-state index contributed by atoms with van der Waals surface area (Å²) in [6.07, 6.45) is -4.81. The van der Waals surface area contributed by atoms with Crippen molar-refractivity contribution in [3.8, 4) is 16.8 Å². The fourth-order valence-corrected chi connectivity index (χ4v) is 4.09. The van der Waals surface area contributed by atoms with Gasteiger partial charge in [-0.1, -0.05) is 29.4 Å². The number of anilines is 2. The highest BCUT2D eigenvalue weighted by molar-refractivity contribution is 6.04. The summed E-state index contributed by atoms with van der Waals surface area (Å²) < 4.78 is 61.4. The van der Waals surface area contributed by atoms with Crippen LogP contribution < -0.4 is 16.4 Å². The zero-order valence-corrected chi connectivity index (χ0v) is 19.8. The van der Waals surface area contributed by atoms with Gasteiger partial charge in [-0.15, -0.1) is 0 Å². The van der Waals surface area contributed by atoms with E-state index in [0.717, 1.165) is 16.3 Å². The van der Waals surface area contributed by atoms with Gasteiger partial charge in [-0.2, -0.15) is 18.3 Å². The zero-order valence-electron chi connectivity index (χ0n) is 19.8. The molecule has 4 N–H and O–H groups in total. The van der Waals surface area contributed by atoms with Crippen LogP contribution >= 0.6 is 0 Å². The maximum absolute atomic E-state index is 15.1. The molecular weight excluding hydrogens is 504 g/mol. The SMILES string of the molecule is CNCc1ccccc1-c1ccc(NC(=O)c2cc(C(F)(F)F)nn2-c2ccc3onc(N)c3c2)cc1F. The summed E-state index contributed by atoms with van der Waals surface area (Å²) >= 11 is 0. The molecule has 0 aliphatic heterocycles. The lowest BCUT2D eigenvalue weighted by molar-refractivity contribution is -0.141. The second-order valence-corrected chi connectivity index (χ2v) is 8.41. The van der Waals surface area contributed by atoms with E-state index in [4.69, 9.17) is 10.3 Å². The van der Waals surface area contributed by atoms with E-state index in [1.165, 1.54) is 30.3 Å². The molecule has 8 nitrogen and oxygen atoms in total. The average molecular weight is 524 g/mol. The third-order valence-corrected chi connectivity index (χ3v) is 5.86. The average Bonchev–Trinajstić information content (AvgIpc) is 3.49. The van der Waals surface area contributed by atoms with Crippen molar-refractivity contribution in [3.63, 3.8) is 0 Å². The van der Waals surface area contributed by atoms with Gasteiger partial charge in [0.15, 0.2) is 17.1 Å². The first-order chi connectivity index (χ1) is 18.2. The van der Waals surface area contributed by atoms with Crippen LogP contribution in [0.5, 0.6) is 0 Å². The Hall–Kier alpha value is -4.71. The standard InChI is InChI=1S/C26H20F4N6O2/c1-32-13-14-4-2-3-5-17(14)18-8-6-15(10-20(18)27)33-25(37)21-12-23(26(28,29)30)34-36(21)16-7-9-22-19(11-16)24(31)35-38-22/h2-12,32H,13H2,1H3,(H2,31,35)(H,33,37). The molecule has 2 aromatic heterocycles. The van der Waals surface area contributed by atoms with Crippen LogP contribution in [-0.2, 0) is 12.7 Å². The van der Waals surface area contributed by atoms with E-state index < -0.39 is 29.3 Å². The van der Waals surface area contributed by atoms with Crippen molar-refractivity contribution in [2.45, 2.75) is 12.7 Å². The number of hydrogen-bond acceptors (Lipinski definition) is 6. The van der Waals surface area contributed by atoms with Gasteiger partial charge in [0.05, 0.1) is 11.1 Å². The van der Waals surface area contributed by atoms with Gasteiger partial charge in [0.25, 0.3) is 5.91 Å². The van der Waals surface area contributed by atoms with Gasteiger partial charge in [0.1, 0.15) is 11.5 Å². The topological polar surface area (TPSA) is 111 Å².